The minimum Gasteiger partial charge on any atom is -0.508 e. The van der Waals surface area contributed by atoms with Crippen molar-refractivity contribution in [3.63, 3.8) is 0 Å². The molecule has 1 unspecified atom stereocenters. The average Bonchev–Trinajstić information content (AvgIpc) is 2.22. The molecular weight excluding hydrogens is 225 g/mol. The zero-order valence-corrected chi connectivity index (χ0v) is 10.5. The molecule has 0 saturated carbocycles. The summed E-state index contributed by atoms with van der Waals surface area (Å²) in [6.45, 7) is 3.67. The van der Waals surface area contributed by atoms with Crippen LogP contribution in [0, 0.1) is 5.82 Å². The van der Waals surface area contributed by atoms with Crippen LogP contribution in [0.25, 0.3) is 0 Å². The standard InChI is InChI=1S/C12H18FNOS/c1-9(16-2)3-4-14-8-10-5-11(13)7-12(15)6-10/h5-7,9,14-15H,3-4,8H2,1-2H3. The lowest BCUT2D eigenvalue weighted by atomic mass is 10.2. The first-order chi connectivity index (χ1) is 7.61. The molecule has 0 saturated heterocycles. The first-order valence-electron chi connectivity index (χ1n) is 5.33. The topological polar surface area (TPSA) is 32.3 Å². The molecule has 2 nitrogen and oxygen atoms in total. The van der Waals surface area contributed by atoms with Crippen LogP contribution < -0.4 is 5.32 Å². The summed E-state index contributed by atoms with van der Waals surface area (Å²) < 4.78 is 12.9. The van der Waals surface area contributed by atoms with Gasteiger partial charge in [-0.2, -0.15) is 11.8 Å². The maximum atomic E-state index is 12.9. The minimum absolute atomic E-state index is 0.0192. The van der Waals surface area contributed by atoms with Crippen LogP contribution in [0.3, 0.4) is 0 Å². The van der Waals surface area contributed by atoms with Crippen molar-refractivity contribution in [3.05, 3.63) is 29.6 Å². The zero-order valence-electron chi connectivity index (χ0n) is 9.66. The smallest absolute Gasteiger partial charge is 0.127 e. The van der Waals surface area contributed by atoms with E-state index in [4.69, 9.17) is 0 Å². The highest BCUT2D eigenvalue weighted by Gasteiger charge is 2.01. The van der Waals surface area contributed by atoms with Gasteiger partial charge in [-0.25, -0.2) is 4.39 Å². The molecule has 0 aromatic heterocycles. The molecule has 0 radical (unpaired) electrons. The van der Waals surface area contributed by atoms with E-state index < -0.39 is 5.82 Å². The molecule has 4 heteroatoms. The van der Waals surface area contributed by atoms with E-state index in [9.17, 15) is 9.50 Å². The second kappa shape index (κ2) is 6.76. The van der Waals surface area contributed by atoms with Crippen molar-refractivity contribution in [1.82, 2.24) is 5.32 Å². The molecule has 90 valence electrons. The lowest BCUT2D eigenvalue weighted by Crippen LogP contribution is -2.17. The molecule has 0 spiro atoms. The van der Waals surface area contributed by atoms with E-state index in [1.165, 1.54) is 6.07 Å². The van der Waals surface area contributed by atoms with E-state index in [1.807, 2.05) is 11.8 Å². The molecule has 0 aliphatic rings. The summed E-state index contributed by atoms with van der Waals surface area (Å²) >= 11 is 1.84. The highest BCUT2D eigenvalue weighted by atomic mass is 32.2. The quantitative estimate of drug-likeness (QED) is 0.754. The Hall–Kier alpha value is -0.740. The largest absolute Gasteiger partial charge is 0.508 e. The molecular formula is C12H18FNOS. The van der Waals surface area contributed by atoms with Gasteiger partial charge in [-0.15, -0.1) is 0 Å². The summed E-state index contributed by atoms with van der Waals surface area (Å²) in [5.74, 6) is -0.413. The fraction of sp³-hybridized carbons (Fsp3) is 0.500. The van der Waals surface area contributed by atoms with Gasteiger partial charge in [0.15, 0.2) is 0 Å². The highest BCUT2D eigenvalue weighted by Crippen LogP contribution is 2.14. The van der Waals surface area contributed by atoms with E-state index in [2.05, 4.69) is 18.5 Å². The monoisotopic (exact) mass is 243 g/mol. The Balaban J connectivity index is 2.32. The van der Waals surface area contributed by atoms with E-state index in [-0.39, 0.29) is 5.75 Å². The van der Waals surface area contributed by atoms with E-state index >= 15 is 0 Å². The molecule has 0 fully saturated rings. The third kappa shape index (κ3) is 4.86. The van der Waals surface area contributed by atoms with Gasteiger partial charge >= 0.3 is 0 Å². The number of nitrogens with one attached hydrogen (secondary N) is 1. The van der Waals surface area contributed by atoms with Crippen LogP contribution in [-0.2, 0) is 6.54 Å². The van der Waals surface area contributed by atoms with Gasteiger partial charge < -0.3 is 10.4 Å². The molecule has 0 aliphatic carbocycles. The summed E-state index contributed by atoms with van der Waals surface area (Å²) in [5, 5.41) is 13.1. The van der Waals surface area contributed by atoms with Crippen molar-refractivity contribution in [2.75, 3.05) is 12.8 Å². The second-order valence-corrected chi connectivity index (χ2v) is 5.11. The van der Waals surface area contributed by atoms with Crippen molar-refractivity contribution in [2.45, 2.75) is 25.1 Å². The summed E-state index contributed by atoms with van der Waals surface area (Å²) in [7, 11) is 0. The van der Waals surface area contributed by atoms with Gasteiger partial charge in [0.05, 0.1) is 0 Å². The number of benzene rings is 1. The van der Waals surface area contributed by atoms with Gasteiger partial charge in [-0.05, 0) is 36.9 Å². The van der Waals surface area contributed by atoms with Crippen molar-refractivity contribution in [3.8, 4) is 5.75 Å². The predicted octanol–water partition coefficient (Wildman–Crippen LogP) is 2.76. The molecule has 1 aromatic carbocycles. The minimum atomic E-state index is -0.394. The highest BCUT2D eigenvalue weighted by molar-refractivity contribution is 7.99. The number of aromatic hydroxyl groups is 1. The Morgan fingerprint density at radius 2 is 2.19 bits per heavy atom. The number of thioether (sulfide) groups is 1. The van der Waals surface area contributed by atoms with Crippen LogP contribution >= 0.6 is 11.8 Å². The first kappa shape index (κ1) is 13.3. The fourth-order valence-corrected chi connectivity index (χ4v) is 1.74. The average molecular weight is 243 g/mol. The number of phenolic OH excluding ortho intramolecular Hbond substituents is 1. The number of hydrogen-bond donors (Lipinski definition) is 2. The van der Waals surface area contributed by atoms with Crippen LogP contribution in [-0.4, -0.2) is 23.2 Å². The molecule has 0 amide bonds. The predicted molar refractivity (Wildman–Crippen MR) is 67.4 cm³/mol. The number of rotatable bonds is 6. The normalized spacial score (nSPS) is 12.7. The summed E-state index contributed by atoms with van der Waals surface area (Å²) in [5.41, 5.74) is 0.773. The number of hydrogen-bond acceptors (Lipinski definition) is 3. The Morgan fingerprint density at radius 3 is 2.81 bits per heavy atom. The number of phenols is 1. The van der Waals surface area contributed by atoms with Gasteiger partial charge in [-0.1, -0.05) is 6.92 Å². The van der Waals surface area contributed by atoms with Gasteiger partial charge in [0.25, 0.3) is 0 Å². The fourth-order valence-electron chi connectivity index (χ4n) is 1.39. The van der Waals surface area contributed by atoms with Crippen molar-refractivity contribution in [2.24, 2.45) is 0 Å². The third-order valence-corrected chi connectivity index (χ3v) is 3.44. The van der Waals surface area contributed by atoms with Gasteiger partial charge in [-0.3, -0.25) is 0 Å². The van der Waals surface area contributed by atoms with Crippen LogP contribution in [0.5, 0.6) is 5.75 Å². The van der Waals surface area contributed by atoms with Crippen LogP contribution in [0.4, 0.5) is 4.39 Å². The van der Waals surface area contributed by atoms with E-state index in [0.29, 0.717) is 11.8 Å². The summed E-state index contributed by atoms with van der Waals surface area (Å²) in [4.78, 5) is 0. The summed E-state index contributed by atoms with van der Waals surface area (Å²) in [6.07, 6.45) is 3.18. The zero-order chi connectivity index (χ0) is 12.0. The van der Waals surface area contributed by atoms with Crippen LogP contribution in [0.2, 0.25) is 0 Å². The molecule has 0 aliphatic heterocycles. The van der Waals surface area contributed by atoms with Crippen LogP contribution in [0.15, 0.2) is 18.2 Å². The van der Waals surface area contributed by atoms with Gasteiger partial charge in [0, 0.05) is 17.9 Å². The SMILES string of the molecule is CSC(C)CCNCc1cc(O)cc(F)c1. The molecule has 1 atom stereocenters. The molecule has 2 N–H and O–H groups in total. The number of halogens is 1. The Kier molecular flexibility index (Phi) is 5.63. The maximum Gasteiger partial charge on any atom is 0.127 e. The van der Waals surface area contributed by atoms with Crippen molar-refractivity contribution in [1.29, 1.82) is 0 Å². The van der Waals surface area contributed by atoms with E-state index in [0.717, 1.165) is 24.6 Å². The van der Waals surface area contributed by atoms with Gasteiger partial charge in [0.2, 0.25) is 0 Å². The molecule has 0 heterocycles. The molecule has 1 rings (SSSR count). The molecule has 0 bridgehead atoms. The van der Waals surface area contributed by atoms with Gasteiger partial charge in [0.1, 0.15) is 11.6 Å². The van der Waals surface area contributed by atoms with E-state index in [1.54, 1.807) is 6.07 Å². The molecule has 16 heavy (non-hydrogen) atoms. The lowest BCUT2D eigenvalue weighted by Gasteiger charge is -2.09. The second-order valence-electron chi connectivity index (χ2n) is 3.83. The van der Waals surface area contributed by atoms with Crippen molar-refractivity contribution >= 4 is 11.8 Å². The summed E-state index contributed by atoms with van der Waals surface area (Å²) in [6, 6.07) is 4.12. The third-order valence-electron chi connectivity index (χ3n) is 2.40. The maximum absolute atomic E-state index is 12.9. The Bertz CT molecular complexity index is 313. The lowest BCUT2D eigenvalue weighted by molar-refractivity contribution is 0.467. The Morgan fingerprint density at radius 1 is 1.44 bits per heavy atom. The van der Waals surface area contributed by atoms with Crippen molar-refractivity contribution < 1.29 is 9.50 Å². The first-order valence-corrected chi connectivity index (χ1v) is 6.62. The van der Waals surface area contributed by atoms with Crippen LogP contribution in [0.1, 0.15) is 18.9 Å². The Labute approximate surface area is 100 Å². The molecule has 1 aromatic rings.